The molecule has 1 aromatic heterocycles. The molecule has 1 heterocycles. The van der Waals surface area contributed by atoms with Crippen molar-refractivity contribution in [2.24, 2.45) is 0 Å². The predicted octanol–water partition coefficient (Wildman–Crippen LogP) is 1.46. The van der Waals surface area contributed by atoms with Gasteiger partial charge in [-0.05, 0) is 24.6 Å². The van der Waals surface area contributed by atoms with Crippen molar-refractivity contribution in [3.05, 3.63) is 41.7 Å². The number of nitrogens with zero attached hydrogens (tertiary/aromatic N) is 3. The highest BCUT2D eigenvalue weighted by molar-refractivity contribution is 5.84. The van der Waals surface area contributed by atoms with E-state index in [0.29, 0.717) is 5.56 Å². The molecule has 24 heavy (non-hydrogen) atoms. The summed E-state index contributed by atoms with van der Waals surface area (Å²) >= 11 is 0. The van der Waals surface area contributed by atoms with Crippen LogP contribution in [0.25, 0.3) is 0 Å². The molecular weight excluding hydrogens is 326 g/mol. The van der Waals surface area contributed by atoms with Crippen LogP contribution >= 0.6 is 0 Å². The lowest BCUT2D eigenvalue weighted by Crippen LogP contribution is -2.30. The molecule has 0 aliphatic rings. The van der Waals surface area contributed by atoms with Crippen LogP contribution in [-0.2, 0) is 11.3 Å². The fourth-order valence-corrected chi connectivity index (χ4v) is 1.95. The van der Waals surface area contributed by atoms with Gasteiger partial charge in [-0.1, -0.05) is 17.3 Å². The molecule has 0 radical (unpaired) electrons. The fraction of sp³-hybridized carbons (Fsp3) is 0.286. The average molecular weight is 340 g/mol. The summed E-state index contributed by atoms with van der Waals surface area (Å²) in [6.07, 6.45) is 1.13. The number of carboxylic acids is 1. The predicted molar refractivity (Wildman–Crippen MR) is 76.6 cm³/mol. The molecule has 10 heteroatoms. The van der Waals surface area contributed by atoms with Gasteiger partial charge < -0.3 is 15.2 Å². The standard InChI is InChI=1S/C14H14F2N4O4/c1-8(9-3-2-4-10(5-9)24-14(15)16)17-12(21)7-20-6-11(13(22)23)18-19-20/h2-6,8,14H,7H2,1H3,(H,17,21)(H,22,23). The molecule has 1 unspecified atom stereocenters. The van der Waals surface area contributed by atoms with Gasteiger partial charge in [0.25, 0.3) is 0 Å². The maximum atomic E-state index is 12.2. The lowest BCUT2D eigenvalue weighted by atomic mass is 10.1. The zero-order valence-corrected chi connectivity index (χ0v) is 12.5. The van der Waals surface area contributed by atoms with E-state index >= 15 is 0 Å². The van der Waals surface area contributed by atoms with E-state index in [1.54, 1.807) is 13.0 Å². The van der Waals surface area contributed by atoms with Crippen molar-refractivity contribution in [3.63, 3.8) is 0 Å². The molecule has 8 nitrogen and oxygen atoms in total. The molecule has 2 N–H and O–H groups in total. The van der Waals surface area contributed by atoms with Crippen LogP contribution in [-0.4, -0.2) is 38.6 Å². The molecule has 0 saturated carbocycles. The summed E-state index contributed by atoms with van der Waals surface area (Å²) in [6, 6.07) is 5.50. The van der Waals surface area contributed by atoms with Crippen LogP contribution in [0.1, 0.15) is 29.0 Å². The first kappa shape index (κ1) is 17.3. The van der Waals surface area contributed by atoms with Gasteiger partial charge in [-0.2, -0.15) is 8.78 Å². The topological polar surface area (TPSA) is 106 Å². The van der Waals surface area contributed by atoms with Crippen LogP contribution in [0, 0.1) is 0 Å². The molecule has 128 valence electrons. The second-order valence-corrected chi connectivity index (χ2v) is 4.85. The second kappa shape index (κ2) is 7.49. The van der Waals surface area contributed by atoms with E-state index in [1.165, 1.54) is 18.2 Å². The van der Waals surface area contributed by atoms with Gasteiger partial charge in [0, 0.05) is 0 Å². The van der Waals surface area contributed by atoms with Crippen molar-refractivity contribution in [2.45, 2.75) is 26.1 Å². The molecular formula is C14H14F2N4O4. The number of carbonyl (C=O) groups is 2. The van der Waals surface area contributed by atoms with Crippen LogP contribution in [0.15, 0.2) is 30.5 Å². The van der Waals surface area contributed by atoms with Gasteiger partial charge in [-0.15, -0.1) is 5.10 Å². The number of nitrogens with one attached hydrogen (secondary N) is 1. The molecule has 0 fully saturated rings. The third-order valence-corrected chi connectivity index (χ3v) is 3.02. The zero-order valence-electron chi connectivity index (χ0n) is 12.5. The van der Waals surface area contributed by atoms with Gasteiger partial charge in [0.1, 0.15) is 12.3 Å². The highest BCUT2D eigenvalue weighted by Gasteiger charge is 2.14. The van der Waals surface area contributed by atoms with Crippen LogP contribution in [0.2, 0.25) is 0 Å². The van der Waals surface area contributed by atoms with E-state index in [1.807, 2.05) is 0 Å². The van der Waals surface area contributed by atoms with Crippen LogP contribution < -0.4 is 10.1 Å². The van der Waals surface area contributed by atoms with Gasteiger partial charge in [-0.3, -0.25) is 4.79 Å². The Balaban J connectivity index is 1.96. The number of alkyl halides is 2. The first-order chi connectivity index (χ1) is 11.3. The fourth-order valence-electron chi connectivity index (χ4n) is 1.95. The molecule has 0 bridgehead atoms. The minimum absolute atomic E-state index is 0.00836. The number of amides is 1. The van der Waals surface area contributed by atoms with E-state index in [9.17, 15) is 18.4 Å². The average Bonchev–Trinajstić information content (AvgIpc) is 2.95. The molecule has 1 aromatic carbocycles. The number of carboxylic acid groups (broad SMARTS) is 1. The maximum Gasteiger partial charge on any atom is 0.387 e. The van der Waals surface area contributed by atoms with E-state index in [0.717, 1.165) is 10.9 Å². The summed E-state index contributed by atoms with van der Waals surface area (Å²) in [5.74, 6) is -1.69. The quantitative estimate of drug-likeness (QED) is 0.790. The molecule has 1 amide bonds. The number of aromatic nitrogens is 3. The number of hydrogen-bond acceptors (Lipinski definition) is 5. The molecule has 2 aromatic rings. The third-order valence-electron chi connectivity index (χ3n) is 3.02. The number of aromatic carboxylic acids is 1. The van der Waals surface area contributed by atoms with E-state index < -0.39 is 24.5 Å². The van der Waals surface area contributed by atoms with Crippen molar-refractivity contribution < 1.29 is 28.2 Å². The summed E-state index contributed by atoms with van der Waals surface area (Å²) in [7, 11) is 0. The molecule has 0 aliphatic carbocycles. The minimum atomic E-state index is -2.93. The normalized spacial score (nSPS) is 12.0. The SMILES string of the molecule is CC(NC(=O)Cn1cc(C(=O)O)nn1)c1cccc(OC(F)F)c1. The third kappa shape index (κ3) is 4.73. The monoisotopic (exact) mass is 340 g/mol. The molecule has 0 aliphatic heterocycles. The van der Waals surface area contributed by atoms with E-state index in [4.69, 9.17) is 5.11 Å². The lowest BCUT2D eigenvalue weighted by Gasteiger charge is -2.15. The van der Waals surface area contributed by atoms with Gasteiger partial charge in [0.2, 0.25) is 5.91 Å². The van der Waals surface area contributed by atoms with Crippen molar-refractivity contribution in [1.29, 1.82) is 0 Å². The number of ether oxygens (including phenoxy) is 1. The molecule has 2 rings (SSSR count). The van der Waals surface area contributed by atoms with Crippen LogP contribution in [0.4, 0.5) is 8.78 Å². The van der Waals surface area contributed by atoms with Gasteiger partial charge in [0.15, 0.2) is 5.69 Å². The number of rotatable bonds is 7. The van der Waals surface area contributed by atoms with Crippen molar-refractivity contribution in [2.75, 3.05) is 0 Å². The highest BCUT2D eigenvalue weighted by atomic mass is 19.3. The first-order valence-corrected chi connectivity index (χ1v) is 6.82. The summed E-state index contributed by atoms with van der Waals surface area (Å²) < 4.78 is 29.8. The highest BCUT2D eigenvalue weighted by Crippen LogP contribution is 2.20. The Morgan fingerprint density at radius 1 is 1.42 bits per heavy atom. The molecule has 0 spiro atoms. The smallest absolute Gasteiger partial charge is 0.387 e. The Morgan fingerprint density at radius 3 is 2.79 bits per heavy atom. The Bertz CT molecular complexity index is 735. The second-order valence-electron chi connectivity index (χ2n) is 4.85. The van der Waals surface area contributed by atoms with Crippen LogP contribution in [0.5, 0.6) is 5.75 Å². The molecule has 0 saturated heterocycles. The Labute approximate surface area is 135 Å². The van der Waals surface area contributed by atoms with E-state index in [2.05, 4.69) is 20.4 Å². The van der Waals surface area contributed by atoms with Gasteiger partial charge in [0.05, 0.1) is 12.2 Å². The van der Waals surface area contributed by atoms with E-state index in [-0.39, 0.29) is 18.0 Å². The number of halogens is 2. The zero-order chi connectivity index (χ0) is 17.7. The molecule has 1 atom stereocenters. The minimum Gasteiger partial charge on any atom is -0.476 e. The maximum absolute atomic E-state index is 12.2. The van der Waals surface area contributed by atoms with Crippen molar-refractivity contribution >= 4 is 11.9 Å². The summed E-state index contributed by atoms with van der Waals surface area (Å²) in [5, 5.41) is 18.3. The Hall–Kier alpha value is -3.04. The summed E-state index contributed by atoms with van der Waals surface area (Å²) in [6.45, 7) is -1.48. The van der Waals surface area contributed by atoms with Crippen LogP contribution in [0.3, 0.4) is 0 Å². The lowest BCUT2D eigenvalue weighted by molar-refractivity contribution is -0.122. The number of benzene rings is 1. The van der Waals surface area contributed by atoms with Crippen molar-refractivity contribution in [3.8, 4) is 5.75 Å². The Kier molecular flexibility index (Phi) is 5.40. The first-order valence-electron chi connectivity index (χ1n) is 6.82. The van der Waals surface area contributed by atoms with Gasteiger partial charge in [-0.25, -0.2) is 9.48 Å². The number of hydrogen-bond donors (Lipinski definition) is 2. The largest absolute Gasteiger partial charge is 0.476 e. The van der Waals surface area contributed by atoms with Gasteiger partial charge >= 0.3 is 12.6 Å². The van der Waals surface area contributed by atoms with Crippen molar-refractivity contribution in [1.82, 2.24) is 20.3 Å². The summed E-state index contributed by atoms with van der Waals surface area (Å²) in [4.78, 5) is 22.6. The summed E-state index contributed by atoms with van der Waals surface area (Å²) in [5.41, 5.74) is 0.305. The number of carbonyl (C=O) groups excluding carboxylic acids is 1. The Morgan fingerprint density at radius 2 is 2.17 bits per heavy atom.